The van der Waals surface area contributed by atoms with Crippen molar-refractivity contribution in [3.63, 3.8) is 0 Å². The van der Waals surface area contributed by atoms with Crippen LogP contribution in [0.25, 0.3) is 16.8 Å². The fourth-order valence-corrected chi connectivity index (χ4v) is 4.07. The van der Waals surface area contributed by atoms with Crippen LogP contribution in [0.2, 0.25) is 0 Å². The minimum atomic E-state index is -0.455. The molecule has 7 nitrogen and oxygen atoms in total. The molecule has 0 atom stereocenters. The van der Waals surface area contributed by atoms with Gasteiger partial charge in [-0.05, 0) is 54.8 Å². The molecule has 3 aromatic heterocycles. The van der Waals surface area contributed by atoms with Crippen LogP contribution >= 0.6 is 0 Å². The highest BCUT2D eigenvalue weighted by Gasteiger charge is 2.21. The van der Waals surface area contributed by atoms with Crippen molar-refractivity contribution in [3.05, 3.63) is 79.7 Å². The second kappa shape index (κ2) is 8.66. The fraction of sp³-hybridized carbons (Fsp3) is 0.208. The van der Waals surface area contributed by atoms with Gasteiger partial charge in [0.1, 0.15) is 0 Å². The lowest BCUT2D eigenvalue weighted by Gasteiger charge is -2.33. The number of piperidine rings is 1. The Balaban J connectivity index is 1.33. The molecule has 32 heavy (non-hydrogen) atoms. The van der Waals surface area contributed by atoms with E-state index in [2.05, 4.69) is 26.9 Å². The van der Waals surface area contributed by atoms with E-state index in [1.165, 1.54) is 18.0 Å². The summed E-state index contributed by atoms with van der Waals surface area (Å²) in [7, 11) is 0. The van der Waals surface area contributed by atoms with E-state index in [0.717, 1.165) is 31.5 Å². The molecule has 162 valence electrons. The fourth-order valence-electron chi connectivity index (χ4n) is 4.07. The van der Waals surface area contributed by atoms with Gasteiger partial charge in [-0.15, -0.1) is 5.10 Å². The molecule has 0 aliphatic carbocycles. The van der Waals surface area contributed by atoms with Crippen LogP contribution in [0.1, 0.15) is 12.8 Å². The minimum Gasteiger partial charge on any atom is -0.463 e. The van der Waals surface area contributed by atoms with Crippen molar-refractivity contribution in [1.82, 2.24) is 19.6 Å². The standard InChI is InChI=1S/C24H23FN6O/c1-2-32-22-6-5-17(16-21(22)25)20-4-3-13-31-23(20)28-24(29-31)27-18-9-14-30(15-10-18)19-7-11-26-12-8-19/h2-8,11-13,16,18H,1,9-10,14-15H2,(H,27,29). The normalized spacial score (nSPS) is 14.5. The summed E-state index contributed by atoms with van der Waals surface area (Å²) in [5, 5.41) is 8.05. The van der Waals surface area contributed by atoms with Gasteiger partial charge in [0, 0.05) is 49.0 Å². The SMILES string of the molecule is C=COc1ccc(-c2cccn3nc(NC4CCN(c5ccncc5)CC4)nc23)cc1F. The number of nitrogens with zero attached hydrogens (tertiary/aromatic N) is 5. The number of pyridine rings is 2. The number of aromatic nitrogens is 4. The number of fused-ring (bicyclic) bond motifs is 1. The minimum absolute atomic E-state index is 0.137. The number of hydrogen-bond donors (Lipinski definition) is 1. The van der Waals surface area contributed by atoms with E-state index in [4.69, 9.17) is 9.72 Å². The van der Waals surface area contributed by atoms with Crippen molar-refractivity contribution in [3.8, 4) is 16.9 Å². The molecule has 0 amide bonds. The number of rotatable bonds is 6. The van der Waals surface area contributed by atoms with Gasteiger partial charge in [-0.3, -0.25) is 4.98 Å². The Morgan fingerprint density at radius 3 is 2.69 bits per heavy atom. The molecule has 1 aliphatic heterocycles. The van der Waals surface area contributed by atoms with Gasteiger partial charge in [0.05, 0.1) is 6.26 Å². The number of halogens is 1. The van der Waals surface area contributed by atoms with Crippen LogP contribution in [0.4, 0.5) is 16.0 Å². The van der Waals surface area contributed by atoms with Gasteiger partial charge >= 0.3 is 0 Å². The maximum atomic E-state index is 14.4. The van der Waals surface area contributed by atoms with Gasteiger partial charge in [0.25, 0.3) is 0 Å². The van der Waals surface area contributed by atoms with Crippen LogP contribution < -0.4 is 15.0 Å². The molecule has 0 unspecified atom stereocenters. The summed E-state index contributed by atoms with van der Waals surface area (Å²) in [6, 6.07) is 13.0. The largest absolute Gasteiger partial charge is 0.463 e. The zero-order valence-corrected chi connectivity index (χ0v) is 17.5. The summed E-state index contributed by atoms with van der Waals surface area (Å²) < 4.78 is 21.2. The third-order valence-electron chi connectivity index (χ3n) is 5.67. The second-order valence-corrected chi connectivity index (χ2v) is 7.67. The van der Waals surface area contributed by atoms with E-state index in [9.17, 15) is 4.39 Å². The molecule has 0 radical (unpaired) electrons. The number of nitrogens with one attached hydrogen (secondary N) is 1. The highest BCUT2D eigenvalue weighted by molar-refractivity contribution is 5.78. The van der Waals surface area contributed by atoms with Gasteiger partial charge in [0.15, 0.2) is 17.2 Å². The van der Waals surface area contributed by atoms with E-state index in [-0.39, 0.29) is 5.75 Å². The molecule has 4 heterocycles. The third-order valence-corrected chi connectivity index (χ3v) is 5.67. The van der Waals surface area contributed by atoms with Crippen molar-refractivity contribution in [1.29, 1.82) is 0 Å². The first-order valence-corrected chi connectivity index (χ1v) is 10.6. The molecule has 0 saturated carbocycles. The second-order valence-electron chi connectivity index (χ2n) is 7.67. The van der Waals surface area contributed by atoms with Crippen LogP contribution in [0.3, 0.4) is 0 Å². The van der Waals surface area contributed by atoms with Crippen molar-refractivity contribution in [2.75, 3.05) is 23.3 Å². The molecule has 1 saturated heterocycles. The molecule has 0 bridgehead atoms. The summed E-state index contributed by atoms with van der Waals surface area (Å²) in [6.45, 7) is 5.38. The topological polar surface area (TPSA) is 67.6 Å². The Morgan fingerprint density at radius 1 is 1.12 bits per heavy atom. The molecule has 1 aromatic carbocycles. The van der Waals surface area contributed by atoms with E-state index >= 15 is 0 Å². The number of hydrogen-bond acceptors (Lipinski definition) is 6. The van der Waals surface area contributed by atoms with Crippen molar-refractivity contribution >= 4 is 17.3 Å². The van der Waals surface area contributed by atoms with Gasteiger partial charge in [-0.1, -0.05) is 12.6 Å². The Bertz CT molecular complexity index is 1230. The van der Waals surface area contributed by atoms with Crippen LogP contribution in [-0.4, -0.2) is 38.7 Å². The third kappa shape index (κ3) is 3.99. The monoisotopic (exact) mass is 430 g/mol. The van der Waals surface area contributed by atoms with Crippen molar-refractivity contribution in [2.45, 2.75) is 18.9 Å². The van der Waals surface area contributed by atoms with Crippen molar-refractivity contribution in [2.24, 2.45) is 0 Å². The average Bonchev–Trinajstić information content (AvgIpc) is 3.24. The zero-order chi connectivity index (χ0) is 21.9. The zero-order valence-electron chi connectivity index (χ0n) is 17.5. The first kappa shape index (κ1) is 20.0. The lowest BCUT2D eigenvalue weighted by molar-refractivity contribution is 0.442. The maximum Gasteiger partial charge on any atom is 0.243 e. The summed E-state index contributed by atoms with van der Waals surface area (Å²) in [5.41, 5.74) is 3.37. The Kier molecular flexibility index (Phi) is 5.41. The van der Waals surface area contributed by atoms with E-state index in [1.54, 1.807) is 16.6 Å². The van der Waals surface area contributed by atoms with Gasteiger partial charge in [-0.2, -0.15) is 4.98 Å². The van der Waals surface area contributed by atoms with Crippen molar-refractivity contribution < 1.29 is 9.13 Å². The van der Waals surface area contributed by atoms with Gasteiger partial charge in [0.2, 0.25) is 5.95 Å². The summed E-state index contributed by atoms with van der Waals surface area (Å²) in [5.74, 6) is 0.257. The highest BCUT2D eigenvalue weighted by atomic mass is 19.1. The maximum absolute atomic E-state index is 14.4. The molecular formula is C24H23FN6O. The van der Waals surface area contributed by atoms with E-state index in [0.29, 0.717) is 23.2 Å². The lowest BCUT2D eigenvalue weighted by atomic mass is 10.0. The predicted octanol–water partition coefficient (Wildman–Crippen LogP) is 4.53. The molecule has 4 aromatic rings. The van der Waals surface area contributed by atoms with E-state index in [1.807, 2.05) is 42.9 Å². The number of anilines is 2. The molecular weight excluding hydrogens is 407 g/mol. The van der Waals surface area contributed by atoms with Crippen LogP contribution in [-0.2, 0) is 0 Å². The van der Waals surface area contributed by atoms with Crippen LogP contribution in [0, 0.1) is 5.82 Å². The Labute approximate surface area is 185 Å². The average molecular weight is 430 g/mol. The molecule has 8 heteroatoms. The first-order valence-electron chi connectivity index (χ1n) is 10.6. The summed E-state index contributed by atoms with van der Waals surface area (Å²) in [4.78, 5) is 11.2. The number of ether oxygens (including phenoxy) is 1. The lowest BCUT2D eigenvalue weighted by Crippen LogP contribution is -2.39. The van der Waals surface area contributed by atoms with Gasteiger partial charge in [-0.25, -0.2) is 8.91 Å². The highest BCUT2D eigenvalue weighted by Crippen LogP contribution is 2.29. The Hall–Kier alpha value is -3.94. The molecule has 1 N–H and O–H groups in total. The van der Waals surface area contributed by atoms with Gasteiger partial charge < -0.3 is 15.0 Å². The summed E-state index contributed by atoms with van der Waals surface area (Å²) >= 11 is 0. The van der Waals surface area contributed by atoms with Crippen LogP contribution in [0.5, 0.6) is 5.75 Å². The van der Waals surface area contributed by atoms with E-state index < -0.39 is 5.82 Å². The molecule has 5 rings (SSSR count). The first-order chi connectivity index (χ1) is 15.7. The number of benzene rings is 1. The quantitative estimate of drug-likeness (QED) is 0.453. The van der Waals surface area contributed by atoms with Crippen LogP contribution in [0.15, 0.2) is 73.9 Å². The Morgan fingerprint density at radius 2 is 1.94 bits per heavy atom. The molecule has 0 spiro atoms. The smallest absolute Gasteiger partial charge is 0.243 e. The molecule has 1 aliphatic rings. The molecule has 1 fully saturated rings. The summed E-state index contributed by atoms with van der Waals surface area (Å²) in [6.07, 6.45) is 8.67. The predicted molar refractivity (Wildman–Crippen MR) is 122 cm³/mol.